The van der Waals surface area contributed by atoms with E-state index >= 15 is 0 Å². The summed E-state index contributed by atoms with van der Waals surface area (Å²) in [6, 6.07) is 3.70. The van der Waals surface area contributed by atoms with Crippen LogP contribution in [0.25, 0.3) is 11.0 Å². The molecule has 6 heteroatoms. The molecule has 0 saturated carbocycles. The summed E-state index contributed by atoms with van der Waals surface area (Å²) in [6.07, 6.45) is 0.411. The van der Waals surface area contributed by atoms with Crippen LogP contribution in [0.1, 0.15) is 25.5 Å². The lowest BCUT2D eigenvalue weighted by atomic mass is 10.2. The predicted molar refractivity (Wildman–Crippen MR) is 67.2 cm³/mol. The van der Waals surface area contributed by atoms with Crippen LogP contribution in [0.5, 0.6) is 0 Å². The number of hydrogen-bond donors (Lipinski definition) is 2. The highest BCUT2D eigenvalue weighted by molar-refractivity contribution is 5.99. The fourth-order valence-electron chi connectivity index (χ4n) is 1.58. The molecule has 0 atom stereocenters. The second-order valence-electron chi connectivity index (χ2n) is 4.17. The summed E-state index contributed by atoms with van der Waals surface area (Å²) >= 11 is 0. The summed E-state index contributed by atoms with van der Waals surface area (Å²) in [4.78, 5) is 26.6. The fraction of sp³-hybridized carbons (Fsp3) is 0.333. The van der Waals surface area contributed by atoms with Crippen molar-refractivity contribution in [1.82, 2.24) is 15.2 Å². The molecule has 6 nitrogen and oxygen atoms in total. The molecule has 0 aromatic carbocycles. The average molecular weight is 246 g/mol. The Hall–Kier alpha value is -2.24. The number of nitrogens with one attached hydrogen (secondary N) is 2. The lowest BCUT2D eigenvalue weighted by Crippen LogP contribution is -2.13. The summed E-state index contributed by atoms with van der Waals surface area (Å²) in [7, 11) is 0. The predicted octanol–water partition coefficient (Wildman–Crippen LogP) is 1.57. The number of H-pyrrole nitrogens is 1. The number of aromatic amines is 1. The largest absolute Gasteiger partial charge is 0.309 e. The van der Waals surface area contributed by atoms with Gasteiger partial charge in [0.1, 0.15) is 5.78 Å². The SMILES string of the molecule is CC(=O)CCC(=O)Nc1n[nH]c2nc(C)ccc12. The molecule has 0 aliphatic rings. The number of amides is 1. The van der Waals surface area contributed by atoms with Crippen molar-refractivity contribution in [3.8, 4) is 0 Å². The van der Waals surface area contributed by atoms with Crippen molar-refractivity contribution in [3.63, 3.8) is 0 Å². The van der Waals surface area contributed by atoms with Crippen LogP contribution in [-0.2, 0) is 9.59 Å². The van der Waals surface area contributed by atoms with E-state index in [1.54, 1.807) is 0 Å². The number of carbonyl (C=O) groups excluding carboxylic acids is 2. The lowest BCUT2D eigenvalue weighted by molar-refractivity contribution is -0.121. The zero-order valence-corrected chi connectivity index (χ0v) is 10.3. The first-order chi connectivity index (χ1) is 8.56. The maximum atomic E-state index is 11.6. The van der Waals surface area contributed by atoms with Gasteiger partial charge in [0.2, 0.25) is 5.91 Å². The van der Waals surface area contributed by atoms with E-state index in [2.05, 4.69) is 20.5 Å². The number of rotatable bonds is 4. The third-order valence-corrected chi connectivity index (χ3v) is 2.53. The number of aryl methyl sites for hydroxylation is 1. The van der Waals surface area contributed by atoms with Crippen molar-refractivity contribution < 1.29 is 9.59 Å². The molecular formula is C12H14N4O2. The van der Waals surface area contributed by atoms with Gasteiger partial charge in [-0.25, -0.2) is 4.98 Å². The highest BCUT2D eigenvalue weighted by Crippen LogP contribution is 2.19. The van der Waals surface area contributed by atoms with Gasteiger partial charge in [-0.2, -0.15) is 5.10 Å². The van der Waals surface area contributed by atoms with Crippen LogP contribution in [-0.4, -0.2) is 26.9 Å². The molecule has 18 heavy (non-hydrogen) atoms. The Morgan fingerprint density at radius 1 is 1.33 bits per heavy atom. The van der Waals surface area contributed by atoms with Gasteiger partial charge in [0.05, 0.1) is 5.39 Å². The molecular weight excluding hydrogens is 232 g/mol. The third kappa shape index (κ3) is 2.71. The fourth-order valence-corrected chi connectivity index (χ4v) is 1.58. The monoisotopic (exact) mass is 246 g/mol. The first-order valence-corrected chi connectivity index (χ1v) is 5.67. The number of aromatic nitrogens is 3. The molecule has 0 unspecified atom stereocenters. The number of pyridine rings is 1. The molecule has 0 radical (unpaired) electrons. The number of hydrogen-bond acceptors (Lipinski definition) is 4. The van der Waals surface area contributed by atoms with E-state index in [0.29, 0.717) is 11.5 Å². The Morgan fingerprint density at radius 2 is 2.11 bits per heavy atom. The normalized spacial score (nSPS) is 10.6. The van der Waals surface area contributed by atoms with Crippen molar-refractivity contribution in [2.75, 3.05) is 5.32 Å². The van der Waals surface area contributed by atoms with E-state index in [9.17, 15) is 9.59 Å². The molecule has 0 saturated heterocycles. The summed E-state index contributed by atoms with van der Waals surface area (Å²) in [5, 5.41) is 10.2. The highest BCUT2D eigenvalue weighted by atomic mass is 16.2. The first-order valence-electron chi connectivity index (χ1n) is 5.67. The molecule has 0 spiro atoms. The molecule has 0 fully saturated rings. The van der Waals surface area contributed by atoms with Crippen molar-refractivity contribution in [2.45, 2.75) is 26.7 Å². The van der Waals surface area contributed by atoms with Crippen LogP contribution in [0.15, 0.2) is 12.1 Å². The average Bonchev–Trinajstić information content (AvgIpc) is 2.69. The maximum absolute atomic E-state index is 11.6. The van der Waals surface area contributed by atoms with E-state index in [1.807, 2.05) is 19.1 Å². The number of nitrogens with zero attached hydrogens (tertiary/aromatic N) is 2. The highest BCUT2D eigenvalue weighted by Gasteiger charge is 2.10. The smallest absolute Gasteiger partial charge is 0.226 e. The molecule has 1 amide bonds. The van der Waals surface area contributed by atoms with Crippen LogP contribution in [0, 0.1) is 6.92 Å². The topological polar surface area (TPSA) is 87.7 Å². The first kappa shape index (κ1) is 12.2. The number of anilines is 1. The molecule has 2 heterocycles. The van der Waals surface area contributed by atoms with Gasteiger partial charge in [0.15, 0.2) is 11.5 Å². The van der Waals surface area contributed by atoms with Gasteiger partial charge in [0, 0.05) is 18.5 Å². The van der Waals surface area contributed by atoms with Crippen molar-refractivity contribution in [3.05, 3.63) is 17.8 Å². The van der Waals surface area contributed by atoms with Gasteiger partial charge >= 0.3 is 0 Å². The van der Waals surface area contributed by atoms with E-state index < -0.39 is 0 Å². The summed E-state index contributed by atoms with van der Waals surface area (Å²) in [6.45, 7) is 3.34. The van der Waals surface area contributed by atoms with Crippen LogP contribution in [0.2, 0.25) is 0 Å². The van der Waals surface area contributed by atoms with Crippen LogP contribution < -0.4 is 5.32 Å². The standard InChI is InChI=1S/C12H14N4O2/c1-7-3-5-9-11(13-7)15-16-12(9)14-10(18)6-4-8(2)17/h3,5H,4,6H2,1-2H3,(H2,13,14,15,16,18). The Kier molecular flexibility index (Phi) is 3.36. The molecule has 2 aromatic rings. The van der Waals surface area contributed by atoms with Gasteiger partial charge in [-0.05, 0) is 26.0 Å². The summed E-state index contributed by atoms with van der Waals surface area (Å²) < 4.78 is 0. The number of fused-ring (bicyclic) bond motifs is 1. The minimum Gasteiger partial charge on any atom is -0.309 e. The molecule has 0 bridgehead atoms. The van der Waals surface area contributed by atoms with E-state index in [4.69, 9.17) is 0 Å². The van der Waals surface area contributed by atoms with Crippen LogP contribution >= 0.6 is 0 Å². The Balaban J connectivity index is 2.12. The zero-order chi connectivity index (χ0) is 13.1. The summed E-state index contributed by atoms with van der Waals surface area (Å²) in [5.41, 5.74) is 1.51. The number of Topliss-reactive ketones (excluding diaryl/α,β-unsaturated/α-hetero) is 1. The molecule has 0 aliphatic heterocycles. The maximum Gasteiger partial charge on any atom is 0.226 e. The van der Waals surface area contributed by atoms with Gasteiger partial charge in [0.25, 0.3) is 0 Å². The Morgan fingerprint density at radius 3 is 2.83 bits per heavy atom. The van der Waals surface area contributed by atoms with Crippen LogP contribution in [0.4, 0.5) is 5.82 Å². The molecule has 2 N–H and O–H groups in total. The minimum absolute atomic E-state index is 0.00525. The number of ketones is 1. The molecule has 2 aromatic heterocycles. The van der Waals surface area contributed by atoms with Crippen molar-refractivity contribution >= 4 is 28.5 Å². The molecule has 94 valence electrons. The lowest BCUT2D eigenvalue weighted by Gasteiger charge is -2.01. The van der Waals surface area contributed by atoms with Gasteiger partial charge in [-0.1, -0.05) is 0 Å². The van der Waals surface area contributed by atoms with Crippen molar-refractivity contribution in [1.29, 1.82) is 0 Å². The van der Waals surface area contributed by atoms with Gasteiger partial charge < -0.3 is 10.1 Å². The van der Waals surface area contributed by atoms with Crippen LogP contribution in [0.3, 0.4) is 0 Å². The zero-order valence-electron chi connectivity index (χ0n) is 10.3. The minimum atomic E-state index is -0.223. The van der Waals surface area contributed by atoms with Crippen molar-refractivity contribution in [2.24, 2.45) is 0 Å². The van der Waals surface area contributed by atoms with E-state index in [0.717, 1.165) is 11.1 Å². The van der Waals surface area contributed by atoms with E-state index in [-0.39, 0.29) is 24.5 Å². The van der Waals surface area contributed by atoms with Gasteiger partial charge in [-0.3, -0.25) is 9.89 Å². The molecule has 0 aliphatic carbocycles. The molecule has 2 rings (SSSR count). The third-order valence-electron chi connectivity index (χ3n) is 2.53. The Labute approximate surface area is 104 Å². The summed E-state index contributed by atoms with van der Waals surface area (Å²) in [5.74, 6) is 0.222. The van der Waals surface area contributed by atoms with Gasteiger partial charge in [-0.15, -0.1) is 0 Å². The second kappa shape index (κ2) is 4.95. The number of carbonyl (C=O) groups is 2. The van der Waals surface area contributed by atoms with E-state index in [1.165, 1.54) is 6.92 Å². The quantitative estimate of drug-likeness (QED) is 0.857. The Bertz CT molecular complexity index is 603. The second-order valence-corrected chi connectivity index (χ2v) is 4.17.